The molecule has 0 aliphatic heterocycles. The summed E-state index contributed by atoms with van der Waals surface area (Å²) in [5, 5.41) is 2.80. The van der Waals surface area contributed by atoms with Crippen molar-refractivity contribution in [2.45, 2.75) is 6.54 Å². The molecule has 2 rings (SSSR count). The topological polar surface area (TPSA) is 56.8 Å². The van der Waals surface area contributed by atoms with Gasteiger partial charge >= 0.3 is 0 Å². The first kappa shape index (κ1) is 15.7. The maximum absolute atomic E-state index is 11.8. The molecule has 0 bridgehead atoms. The summed E-state index contributed by atoms with van der Waals surface area (Å²) in [5.74, 6) is 1.88. The molecule has 0 aromatic heterocycles. The van der Waals surface area contributed by atoms with Gasteiger partial charge in [-0.15, -0.1) is 0 Å². The predicted molar refractivity (Wildman–Crippen MR) is 83.3 cm³/mol. The van der Waals surface area contributed by atoms with E-state index >= 15 is 0 Å². The summed E-state index contributed by atoms with van der Waals surface area (Å²) in [6, 6.07) is 14.7. The monoisotopic (exact) mass is 301 g/mol. The molecular formula is C17H19NO4. The van der Waals surface area contributed by atoms with Gasteiger partial charge in [-0.25, -0.2) is 0 Å². The molecule has 0 radical (unpaired) electrons. The molecule has 5 nitrogen and oxygen atoms in total. The van der Waals surface area contributed by atoms with E-state index in [2.05, 4.69) is 5.32 Å². The maximum atomic E-state index is 11.8. The quantitative estimate of drug-likeness (QED) is 0.853. The number of nitrogens with one attached hydrogen (secondary N) is 1. The number of ether oxygens (including phenoxy) is 3. The second kappa shape index (κ2) is 7.93. The average molecular weight is 301 g/mol. The van der Waals surface area contributed by atoms with Crippen LogP contribution in [-0.2, 0) is 11.3 Å². The van der Waals surface area contributed by atoms with Crippen LogP contribution in [0.5, 0.6) is 17.2 Å². The highest BCUT2D eigenvalue weighted by Gasteiger charge is 2.08. The molecule has 0 aliphatic carbocycles. The molecule has 0 spiro atoms. The Balaban J connectivity index is 1.88. The Bertz CT molecular complexity index is 613. The van der Waals surface area contributed by atoms with Crippen molar-refractivity contribution in [3.63, 3.8) is 0 Å². The van der Waals surface area contributed by atoms with Gasteiger partial charge in [-0.2, -0.15) is 0 Å². The van der Waals surface area contributed by atoms with Gasteiger partial charge in [0.25, 0.3) is 5.91 Å². The normalized spacial score (nSPS) is 9.91. The van der Waals surface area contributed by atoms with Crippen molar-refractivity contribution in [1.82, 2.24) is 5.32 Å². The van der Waals surface area contributed by atoms with E-state index in [0.717, 1.165) is 5.56 Å². The molecule has 0 saturated heterocycles. The molecule has 0 atom stereocenters. The Hall–Kier alpha value is -2.69. The molecule has 1 amide bonds. The molecule has 0 unspecified atom stereocenters. The van der Waals surface area contributed by atoms with Gasteiger partial charge in [0, 0.05) is 12.1 Å². The summed E-state index contributed by atoms with van der Waals surface area (Å²) >= 11 is 0. The zero-order valence-corrected chi connectivity index (χ0v) is 12.7. The lowest BCUT2D eigenvalue weighted by Gasteiger charge is -2.12. The fraction of sp³-hybridized carbons (Fsp3) is 0.235. The summed E-state index contributed by atoms with van der Waals surface area (Å²) in [6.07, 6.45) is 0. The number of amides is 1. The lowest BCUT2D eigenvalue weighted by molar-refractivity contribution is -0.123. The van der Waals surface area contributed by atoms with E-state index in [1.54, 1.807) is 32.4 Å². The van der Waals surface area contributed by atoms with Crippen molar-refractivity contribution in [3.05, 3.63) is 54.1 Å². The van der Waals surface area contributed by atoms with Crippen LogP contribution in [0.1, 0.15) is 5.56 Å². The lowest BCUT2D eigenvalue weighted by Crippen LogP contribution is -2.28. The van der Waals surface area contributed by atoms with E-state index in [1.165, 1.54) is 0 Å². The zero-order valence-electron chi connectivity index (χ0n) is 12.7. The largest absolute Gasteiger partial charge is 0.497 e. The number of benzene rings is 2. The molecule has 116 valence electrons. The van der Waals surface area contributed by atoms with E-state index in [4.69, 9.17) is 14.2 Å². The highest BCUT2D eigenvalue weighted by Crippen LogP contribution is 2.23. The molecule has 5 heteroatoms. The van der Waals surface area contributed by atoms with Gasteiger partial charge in [0.05, 0.1) is 14.2 Å². The van der Waals surface area contributed by atoms with Gasteiger partial charge in [-0.3, -0.25) is 4.79 Å². The van der Waals surface area contributed by atoms with Crippen LogP contribution in [0.4, 0.5) is 0 Å². The van der Waals surface area contributed by atoms with Crippen LogP contribution < -0.4 is 19.5 Å². The Morgan fingerprint density at radius 1 is 1.00 bits per heavy atom. The smallest absolute Gasteiger partial charge is 0.258 e. The van der Waals surface area contributed by atoms with Crippen molar-refractivity contribution < 1.29 is 19.0 Å². The van der Waals surface area contributed by atoms with Gasteiger partial charge in [0.15, 0.2) is 6.61 Å². The Morgan fingerprint density at radius 2 is 1.77 bits per heavy atom. The first-order valence-corrected chi connectivity index (χ1v) is 6.88. The van der Waals surface area contributed by atoms with E-state index in [-0.39, 0.29) is 12.5 Å². The van der Waals surface area contributed by atoms with E-state index in [1.807, 2.05) is 30.3 Å². The van der Waals surface area contributed by atoms with Gasteiger partial charge in [0.1, 0.15) is 17.2 Å². The Labute approximate surface area is 129 Å². The minimum Gasteiger partial charge on any atom is -0.497 e. The number of carbonyl (C=O) groups is 1. The molecule has 0 saturated carbocycles. The van der Waals surface area contributed by atoms with Crippen LogP contribution in [0.3, 0.4) is 0 Å². The Kier molecular flexibility index (Phi) is 5.65. The van der Waals surface area contributed by atoms with Gasteiger partial charge < -0.3 is 19.5 Å². The summed E-state index contributed by atoms with van der Waals surface area (Å²) in [6.45, 7) is 0.313. The first-order valence-electron chi connectivity index (χ1n) is 6.88. The number of hydrogen-bond donors (Lipinski definition) is 1. The van der Waals surface area contributed by atoms with Gasteiger partial charge in [0.2, 0.25) is 0 Å². The van der Waals surface area contributed by atoms with Crippen LogP contribution in [0, 0.1) is 0 Å². The van der Waals surface area contributed by atoms with Crippen molar-refractivity contribution in [3.8, 4) is 17.2 Å². The van der Waals surface area contributed by atoms with Crippen LogP contribution in [0.2, 0.25) is 0 Å². The third-order valence-electron chi connectivity index (χ3n) is 3.08. The van der Waals surface area contributed by atoms with Crippen molar-refractivity contribution in [1.29, 1.82) is 0 Å². The second-order valence-electron chi connectivity index (χ2n) is 4.56. The third-order valence-corrected chi connectivity index (χ3v) is 3.08. The van der Waals surface area contributed by atoms with Crippen LogP contribution >= 0.6 is 0 Å². The minimum absolute atomic E-state index is 0.0315. The van der Waals surface area contributed by atoms with Crippen LogP contribution in [-0.4, -0.2) is 26.7 Å². The highest BCUT2D eigenvalue weighted by molar-refractivity contribution is 5.77. The minimum atomic E-state index is -0.200. The predicted octanol–water partition coefficient (Wildman–Crippen LogP) is 2.40. The highest BCUT2D eigenvalue weighted by atomic mass is 16.5. The summed E-state index contributed by atoms with van der Waals surface area (Å²) < 4.78 is 15.8. The first-order chi connectivity index (χ1) is 10.7. The molecule has 0 aliphatic rings. The van der Waals surface area contributed by atoms with E-state index in [0.29, 0.717) is 23.8 Å². The van der Waals surface area contributed by atoms with Crippen LogP contribution in [0.25, 0.3) is 0 Å². The van der Waals surface area contributed by atoms with E-state index < -0.39 is 0 Å². The number of para-hydroxylation sites is 1. The average Bonchev–Trinajstić information content (AvgIpc) is 2.58. The molecule has 0 fully saturated rings. The van der Waals surface area contributed by atoms with E-state index in [9.17, 15) is 4.79 Å². The SMILES string of the molecule is COc1ccc(OC)c(CNC(=O)COc2ccccc2)c1. The number of methoxy groups -OCH3 is 2. The molecular weight excluding hydrogens is 282 g/mol. The Morgan fingerprint density at radius 3 is 2.45 bits per heavy atom. The second-order valence-corrected chi connectivity index (χ2v) is 4.56. The van der Waals surface area contributed by atoms with Gasteiger partial charge in [-0.05, 0) is 30.3 Å². The standard InChI is InChI=1S/C17H19NO4/c1-20-15-8-9-16(21-2)13(10-15)11-18-17(19)12-22-14-6-4-3-5-7-14/h3-10H,11-12H2,1-2H3,(H,18,19). The summed E-state index contributed by atoms with van der Waals surface area (Å²) in [5.41, 5.74) is 0.843. The zero-order chi connectivity index (χ0) is 15.8. The molecule has 22 heavy (non-hydrogen) atoms. The van der Waals surface area contributed by atoms with Crippen molar-refractivity contribution >= 4 is 5.91 Å². The lowest BCUT2D eigenvalue weighted by atomic mass is 10.2. The number of carbonyl (C=O) groups excluding carboxylic acids is 1. The van der Waals surface area contributed by atoms with Crippen molar-refractivity contribution in [2.75, 3.05) is 20.8 Å². The number of hydrogen-bond acceptors (Lipinski definition) is 4. The van der Waals surface area contributed by atoms with Crippen molar-refractivity contribution in [2.24, 2.45) is 0 Å². The number of rotatable bonds is 7. The molecule has 0 heterocycles. The molecule has 2 aromatic carbocycles. The summed E-state index contributed by atoms with van der Waals surface area (Å²) in [4.78, 5) is 11.8. The van der Waals surface area contributed by atoms with Crippen LogP contribution in [0.15, 0.2) is 48.5 Å². The third kappa shape index (κ3) is 4.41. The molecule has 2 aromatic rings. The summed E-state index contributed by atoms with van der Waals surface area (Å²) in [7, 11) is 3.18. The fourth-order valence-electron chi connectivity index (χ4n) is 1.93. The van der Waals surface area contributed by atoms with Gasteiger partial charge in [-0.1, -0.05) is 18.2 Å². The molecule has 1 N–H and O–H groups in total. The maximum Gasteiger partial charge on any atom is 0.258 e. The fourth-order valence-corrected chi connectivity index (χ4v) is 1.93.